The summed E-state index contributed by atoms with van der Waals surface area (Å²) in [6.45, 7) is 0.731. The van der Waals surface area contributed by atoms with Gasteiger partial charge in [0.15, 0.2) is 17.6 Å². The molecule has 3 N–H and O–H groups in total. The molecule has 0 fully saturated rings. The molecule has 0 spiro atoms. The van der Waals surface area contributed by atoms with Crippen molar-refractivity contribution in [2.24, 2.45) is 0 Å². The van der Waals surface area contributed by atoms with Crippen LogP contribution >= 0.6 is 15.6 Å². The summed E-state index contributed by atoms with van der Waals surface area (Å²) in [6, 6.07) is 58.5. The molecule has 16 heteroatoms. The maximum Gasteiger partial charge on any atom is 0.530 e. The molecule has 0 heterocycles. The Balaban J connectivity index is 1.27. The quantitative estimate of drug-likeness (QED) is 0.0296. The van der Waals surface area contributed by atoms with E-state index in [0.717, 1.165) is 0 Å². The Kier molecular flexibility index (Phi) is 17.1. The SMILES string of the molecule is CC(Cc1ccc(OP(=O)(OCc2ccccc2)OCc2ccccc2)c(OP(=O)(OCc2ccccc2)OCc2ccccc2)c1)(NNC(=O)O)C(=O)OC(c1ccccc1)c1ccccc1. The lowest BCUT2D eigenvalue weighted by atomic mass is 9.92. The summed E-state index contributed by atoms with van der Waals surface area (Å²) in [5, 5.41) is 9.71. The van der Waals surface area contributed by atoms with E-state index in [9.17, 15) is 23.8 Å². The Morgan fingerprint density at radius 2 is 0.853 bits per heavy atom. The first-order valence-electron chi connectivity index (χ1n) is 21.5. The minimum atomic E-state index is -4.64. The summed E-state index contributed by atoms with van der Waals surface area (Å²) in [6.07, 6.45) is -2.60. The third-order valence-corrected chi connectivity index (χ3v) is 12.9. The van der Waals surface area contributed by atoms with Crippen LogP contribution in [0.5, 0.6) is 11.5 Å². The Morgan fingerprint density at radius 1 is 0.500 bits per heavy atom. The van der Waals surface area contributed by atoms with Crippen LogP contribution in [0.2, 0.25) is 0 Å². The van der Waals surface area contributed by atoms with Crippen LogP contribution in [0.3, 0.4) is 0 Å². The molecule has 7 aromatic rings. The van der Waals surface area contributed by atoms with Crippen molar-refractivity contribution in [3.8, 4) is 11.5 Å². The molecule has 0 saturated heterocycles. The molecule has 0 saturated carbocycles. The summed E-state index contributed by atoms with van der Waals surface area (Å²) >= 11 is 0. The molecule has 7 rings (SSSR count). The molecular formula is C52H50N2O12P2. The minimum absolute atomic E-state index is 0.171. The maximum atomic E-state index is 14.9. The Labute approximate surface area is 395 Å². The summed E-state index contributed by atoms with van der Waals surface area (Å²) in [7, 11) is -9.21. The van der Waals surface area contributed by atoms with Crippen LogP contribution < -0.4 is 19.9 Å². The van der Waals surface area contributed by atoms with Crippen molar-refractivity contribution in [2.75, 3.05) is 0 Å². The summed E-state index contributed by atoms with van der Waals surface area (Å²) < 4.78 is 72.1. The topological polar surface area (TPSA) is 177 Å². The van der Waals surface area contributed by atoms with E-state index < -0.39 is 39.4 Å². The van der Waals surface area contributed by atoms with Gasteiger partial charge in [0.05, 0.1) is 26.4 Å². The summed E-state index contributed by atoms with van der Waals surface area (Å²) in [4.78, 5) is 26.4. The zero-order valence-corrected chi connectivity index (χ0v) is 38.8. The van der Waals surface area contributed by atoms with Crippen LogP contribution in [0.25, 0.3) is 0 Å². The highest BCUT2D eigenvalue weighted by Gasteiger charge is 2.40. The van der Waals surface area contributed by atoms with Gasteiger partial charge in [0, 0.05) is 6.42 Å². The van der Waals surface area contributed by atoms with Gasteiger partial charge in [-0.3, -0.25) is 23.5 Å². The van der Waals surface area contributed by atoms with Crippen LogP contribution in [-0.4, -0.2) is 22.7 Å². The molecule has 14 nitrogen and oxygen atoms in total. The van der Waals surface area contributed by atoms with Gasteiger partial charge in [0.1, 0.15) is 5.54 Å². The van der Waals surface area contributed by atoms with Crippen molar-refractivity contribution < 1.29 is 55.7 Å². The van der Waals surface area contributed by atoms with E-state index in [0.29, 0.717) is 38.9 Å². The van der Waals surface area contributed by atoms with Crippen LogP contribution in [0, 0.1) is 0 Å². The third-order valence-electron chi connectivity index (χ3n) is 10.2. The van der Waals surface area contributed by atoms with Gasteiger partial charge >= 0.3 is 27.7 Å². The number of phosphoric acid groups is 2. The summed E-state index contributed by atoms with van der Waals surface area (Å²) in [5.74, 6) is -1.38. The van der Waals surface area contributed by atoms with E-state index in [1.165, 1.54) is 25.1 Å². The Morgan fingerprint density at radius 3 is 1.22 bits per heavy atom. The number of hydrogen-bond acceptors (Lipinski definition) is 12. The second-order valence-corrected chi connectivity index (χ2v) is 18.8. The lowest BCUT2D eigenvalue weighted by molar-refractivity contribution is -0.155. The van der Waals surface area contributed by atoms with Crippen molar-refractivity contribution in [1.29, 1.82) is 0 Å². The number of ether oxygens (including phenoxy) is 1. The number of carbonyl (C=O) groups is 2. The van der Waals surface area contributed by atoms with Gasteiger partial charge < -0.3 is 18.9 Å². The number of hydrazine groups is 1. The number of nitrogens with one attached hydrogen (secondary N) is 2. The smallest absolute Gasteiger partial charge is 0.464 e. The molecule has 0 aromatic heterocycles. The van der Waals surface area contributed by atoms with E-state index in [-0.39, 0.29) is 44.3 Å². The summed E-state index contributed by atoms with van der Waals surface area (Å²) in [5.41, 5.74) is 7.27. The number of benzene rings is 7. The van der Waals surface area contributed by atoms with E-state index in [1.54, 1.807) is 97.1 Å². The van der Waals surface area contributed by atoms with Crippen LogP contribution in [-0.2, 0) is 69.6 Å². The van der Waals surface area contributed by atoms with E-state index >= 15 is 0 Å². The van der Waals surface area contributed by atoms with Crippen molar-refractivity contribution in [2.45, 2.75) is 51.4 Å². The Hall–Kier alpha value is -6.86. The number of amides is 1. The first-order valence-corrected chi connectivity index (χ1v) is 24.4. The fraction of sp³-hybridized carbons (Fsp3) is 0.154. The average Bonchev–Trinajstić information content (AvgIpc) is 3.37. The largest absolute Gasteiger partial charge is 0.530 e. The molecule has 0 aliphatic carbocycles. The van der Waals surface area contributed by atoms with Gasteiger partial charge in [-0.1, -0.05) is 188 Å². The lowest BCUT2D eigenvalue weighted by Gasteiger charge is -2.31. The highest BCUT2D eigenvalue weighted by Crippen LogP contribution is 2.57. The van der Waals surface area contributed by atoms with E-state index in [2.05, 4.69) is 10.9 Å². The fourth-order valence-corrected chi connectivity index (χ4v) is 9.09. The molecular weight excluding hydrogens is 907 g/mol. The first kappa shape index (κ1) is 49.1. The number of hydrogen-bond donors (Lipinski definition) is 3. The van der Waals surface area contributed by atoms with Crippen LogP contribution in [0.4, 0.5) is 4.79 Å². The molecule has 1 unspecified atom stereocenters. The van der Waals surface area contributed by atoms with Gasteiger partial charge in [0.2, 0.25) is 0 Å². The van der Waals surface area contributed by atoms with Gasteiger partial charge in [0.25, 0.3) is 0 Å². The molecule has 7 aromatic carbocycles. The molecule has 1 amide bonds. The van der Waals surface area contributed by atoms with Gasteiger partial charge in [-0.2, -0.15) is 0 Å². The van der Waals surface area contributed by atoms with Crippen molar-refractivity contribution >= 4 is 27.7 Å². The molecule has 0 bridgehead atoms. The van der Waals surface area contributed by atoms with Gasteiger partial charge in [-0.05, 0) is 58.0 Å². The zero-order chi connectivity index (χ0) is 47.7. The van der Waals surface area contributed by atoms with Crippen LogP contribution in [0.1, 0.15) is 52.0 Å². The van der Waals surface area contributed by atoms with Crippen molar-refractivity contribution in [3.05, 3.63) is 239 Å². The number of carbonyl (C=O) groups excluding carboxylic acids is 1. The van der Waals surface area contributed by atoms with Crippen LogP contribution in [0.15, 0.2) is 200 Å². The lowest BCUT2D eigenvalue weighted by Crippen LogP contribution is -2.59. The third kappa shape index (κ3) is 14.6. The van der Waals surface area contributed by atoms with Crippen molar-refractivity contribution in [1.82, 2.24) is 10.9 Å². The van der Waals surface area contributed by atoms with Gasteiger partial charge in [-0.15, -0.1) is 0 Å². The number of phosphoric ester groups is 2. The highest BCUT2D eigenvalue weighted by molar-refractivity contribution is 7.49. The second kappa shape index (κ2) is 23.7. The number of rotatable bonds is 24. The predicted molar refractivity (Wildman–Crippen MR) is 255 cm³/mol. The van der Waals surface area contributed by atoms with E-state index in [1.807, 2.05) is 84.9 Å². The maximum absolute atomic E-state index is 14.9. The second-order valence-electron chi connectivity index (χ2n) is 15.6. The van der Waals surface area contributed by atoms with E-state index in [4.69, 9.17) is 31.9 Å². The molecule has 0 aliphatic rings. The Bertz CT molecular complexity index is 2640. The molecule has 350 valence electrons. The predicted octanol–water partition coefficient (Wildman–Crippen LogP) is 11.9. The number of esters is 1. The molecule has 1 atom stereocenters. The standard InChI is InChI=1S/C52H50N2O12P2/c1-52(54-53-51(56)57,50(55)64-49(45-28-16-6-17-29-45)46-30-18-7-19-31-46)35-44-32-33-47(65-67(58,60-36-40-20-8-2-9-21-40)61-37-41-22-10-3-11-23-41)48(34-44)66-68(59,62-38-42-24-12-4-13-25-42)63-39-43-26-14-5-15-27-43/h2-34,49,53-54H,35-39H2,1H3,(H,56,57). The highest BCUT2D eigenvalue weighted by atomic mass is 31.2. The zero-order valence-electron chi connectivity index (χ0n) is 37.0. The monoisotopic (exact) mass is 956 g/mol. The van der Waals surface area contributed by atoms with Gasteiger partial charge in [-0.25, -0.2) is 24.1 Å². The average molecular weight is 957 g/mol. The first-order chi connectivity index (χ1) is 33.0. The minimum Gasteiger partial charge on any atom is -0.464 e. The fourth-order valence-electron chi connectivity index (χ4n) is 6.73. The van der Waals surface area contributed by atoms with Crippen molar-refractivity contribution in [3.63, 3.8) is 0 Å². The molecule has 0 radical (unpaired) electrons. The molecule has 68 heavy (non-hydrogen) atoms. The molecule has 0 aliphatic heterocycles. The number of carboxylic acid groups (broad SMARTS) is 1. The normalized spacial score (nSPS) is 12.4.